The van der Waals surface area contributed by atoms with Gasteiger partial charge in [0.25, 0.3) is 0 Å². The van der Waals surface area contributed by atoms with Gasteiger partial charge in [0.2, 0.25) is 0 Å². The Morgan fingerprint density at radius 2 is 1.95 bits per heavy atom. The quantitative estimate of drug-likeness (QED) is 0.833. The molecule has 1 aliphatic carbocycles. The molecule has 0 atom stereocenters. The summed E-state index contributed by atoms with van der Waals surface area (Å²) in [5.74, 6) is 0.227. The predicted octanol–water partition coefficient (Wildman–Crippen LogP) is 4.42. The minimum absolute atomic E-state index is 0.304. The van der Waals surface area contributed by atoms with Crippen LogP contribution in [-0.4, -0.2) is 6.04 Å². The second-order valence-corrected chi connectivity index (χ2v) is 6.28. The van der Waals surface area contributed by atoms with Crippen LogP contribution in [0.5, 0.6) is 5.75 Å². The van der Waals surface area contributed by atoms with E-state index in [4.69, 9.17) is 4.74 Å². The van der Waals surface area contributed by atoms with Gasteiger partial charge >= 0.3 is 0 Å². The first-order valence-corrected chi connectivity index (χ1v) is 7.88. The molecule has 110 valence electrons. The smallest absolute Gasteiger partial charge is 0.128 e. The van der Waals surface area contributed by atoms with Crippen molar-refractivity contribution in [3.05, 3.63) is 63.9 Å². The van der Waals surface area contributed by atoms with Crippen LogP contribution in [0.2, 0.25) is 0 Å². The van der Waals surface area contributed by atoms with E-state index in [9.17, 15) is 4.39 Å². The van der Waals surface area contributed by atoms with Crippen LogP contribution in [0.15, 0.2) is 46.9 Å². The third-order valence-corrected chi connectivity index (χ3v) is 3.86. The van der Waals surface area contributed by atoms with Crippen LogP contribution in [0.4, 0.5) is 4.39 Å². The lowest BCUT2D eigenvalue weighted by molar-refractivity contribution is 0.304. The van der Waals surface area contributed by atoms with E-state index >= 15 is 0 Å². The zero-order valence-corrected chi connectivity index (χ0v) is 13.2. The topological polar surface area (TPSA) is 21.3 Å². The van der Waals surface area contributed by atoms with Crippen molar-refractivity contribution in [3.63, 3.8) is 0 Å². The molecule has 0 spiro atoms. The second kappa shape index (κ2) is 6.58. The number of nitrogens with one attached hydrogen (secondary N) is 1. The van der Waals surface area contributed by atoms with Gasteiger partial charge in [-0.2, -0.15) is 0 Å². The Bertz CT molecular complexity index is 608. The van der Waals surface area contributed by atoms with Crippen LogP contribution in [0, 0.1) is 5.82 Å². The van der Waals surface area contributed by atoms with E-state index < -0.39 is 0 Å². The Morgan fingerprint density at radius 3 is 2.71 bits per heavy atom. The van der Waals surface area contributed by atoms with Gasteiger partial charge in [0.05, 0.1) is 0 Å². The molecule has 4 heteroatoms. The van der Waals surface area contributed by atoms with E-state index in [1.165, 1.54) is 30.5 Å². The molecule has 0 radical (unpaired) electrons. The number of rotatable bonds is 6. The summed E-state index contributed by atoms with van der Waals surface area (Å²) in [5.41, 5.74) is 2.34. The molecule has 3 rings (SSSR count). The Balaban J connectivity index is 1.59. The Kier molecular flexibility index (Phi) is 4.56. The third-order valence-electron chi connectivity index (χ3n) is 3.41. The summed E-state index contributed by atoms with van der Waals surface area (Å²) >= 11 is 3.26. The maximum absolute atomic E-state index is 13.3. The average molecular weight is 350 g/mol. The monoisotopic (exact) mass is 349 g/mol. The first kappa shape index (κ1) is 14.5. The number of ether oxygens (including phenoxy) is 1. The summed E-state index contributed by atoms with van der Waals surface area (Å²) in [7, 11) is 0. The van der Waals surface area contributed by atoms with Gasteiger partial charge in [-0.3, -0.25) is 0 Å². The summed E-state index contributed by atoms with van der Waals surface area (Å²) < 4.78 is 19.6. The van der Waals surface area contributed by atoms with Crippen LogP contribution >= 0.6 is 15.9 Å². The van der Waals surface area contributed by atoms with E-state index in [2.05, 4.69) is 33.4 Å². The van der Waals surface area contributed by atoms with Gasteiger partial charge in [0, 0.05) is 23.1 Å². The van der Waals surface area contributed by atoms with E-state index in [0.29, 0.717) is 22.9 Å². The minimum Gasteiger partial charge on any atom is -0.489 e. The van der Waals surface area contributed by atoms with Gasteiger partial charge in [-0.25, -0.2) is 4.39 Å². The maximum atomic E-state index is 13.3. The molecule has 1 saturated carbocycles. The Morgan fingerprint density at radius 1 is 1.14 bits per heavy atom. The van der Waals surface area contributed by atoms with Crippen molar-refractivity contribution in [3.8, 4) is 5.75 Å². The molecule has 0 aliphatic heterocycles. The second-order valence-electron chi connectivity index (χ2n) is 5.37. The van der Waals surface area contributed by atoms with Gasteiger partial charge in [-0.05, 0) is 36.1 Å². The molecule has 2 nitrogen and oxygen atoms in total. The van der Waals surface area contributed by atoms with Crippen molar-refractivity contribution in [1.29, 1.82) is 0 Å². The summed E-state index contributed by atoms with van der Waals surface area (Å²) in [6, 6.07) is 13.6. The van der Waals surface area contributed by atoms with Gasteiger partial charge in [-0.15, -0.1) is 0 Å². The molecule has 1 aliphatic rings. The van der Waals surface area contributed by atoms with Crippen molar-refractivity contribution in [2.24, 2.45) is 0 Å². The van der Waals surface area contributed by atoms with Crippen molar-refractivity contribution in [1.82, 2.24) is 5.32 Å². The lowest BCUT2D eigenvalue weighted by Crippen LogP contribution is -2.15. The van der Waals surface area contributed by atoms with Crippen LogP contribution < -0.4 is 10.1 Å². The molecule has 0 aromatic heterocycles. The third kappa shape index (κ3) is 4.55. The molecule has 1 fully saturated rings. The van der Waals surface area contributed by atoms with E-state index in [1.807, 2.05) is 12.1 Å². The van der Waals surface area contributed by atoms with E-state index in [1.54, 1.807) is 6.07 Å². The van der Waals surface area contributed by atoms with Crippen molar-refractivity contribution in [2.45, 2.75) is 32.0 Å². The molecular formula is C17H17BrFNO. The number of hydrogen-bond acceptors (Lipinski definition) is 2. The van der Waals surface area contributed by atoms with Crippen LogP contribution in [0.3, 0.4) is 0 Å². The molecule has 0 amide bonds. The summed E-state index contributed by atoms with van der Waals surface area (Å²) in [5, 5.41) is 3.49. The highest BCUT2D eigenvalue weighted by molar-refractivity contribution is 9.10. The summed E-state index contributed by atoms with van der Waals surface area (Å²) in [6.07, 6.45) is 2.58. The summed E-state index contributed by atoms with van der Waals surface area (Å²) in [4.78, 5) is 0. The number of hydrogen-bond donors (Lipinski definition) is 1. The van der Waals surface area contributed by atoms with Crippen molar-refractivity contribution >= 4 is 15.9 Å². The van der Waals surface area contributed by atoms with Gasteiger partial charge in [-0.1, -0.05) is 40.2 Å². The van der Waals surface area contributed by atoms with Crippen molar-refractivity contribution in [2.75, 3.05) is 0 Å². The standard InChI is InChI=1S/C17H17BrFNO/c18-14-7-15(19)9-17(8-14)21-11-13-3-1-2-12(6-13)10-20-16-4-5-16/h1-3,6-9,16,20H,4-5,10-11H2. The zero-order chi connectivity index (χ0) is 14.7. The SMILES string of the molecule is Fc1cc(Br)cc(OCc2cccc(CNC3CC3)c2)c1. The van der Waals surface area contributed by atoms with Crippen molar-refractivity contribution < 1.29 is 9.13 Å². The molecule has 0 bridgehead atoms. The molecule has 2 aromatic carbocycles. The molecular weight excluding hydrogens is 333 g/mol. The molecule has 0 unspecified atom stereocenters. The highest BCUT2D eigenvalue weighted by Crippen LogP contribution is 2.22. The molecule has 21 heavy (non-hydrogen) atoms. The van der Waals surface area contributed by atoms with E-state index in [-0.39, 0.29) is 5.82 Å². The Hall–Kier alpha value is -1.39. The van der Waals surface area contributed by atoms with Crippen LogP contribution in [0.25, 0.3) is 0 Å². The number of benzene rings is 2. The predicted molar refractivity (Wildman–Crippen MR) is 84.7 cm³/mol. The zero-order valence-electron chi connectivity index (χ0n) is 11.6. The normalized spacial score (nSPS) is 14.2. The first-order chi connectivity index (χ1) is 10.2. The van der Waals surface area contributed by atoms with E-state index in [0.717, 1.165) is 12.1 Å². The lowest BCUT2D eigenvalue weighted by atomic mass is 10.1. The van der Waals surface area contributed by atoms with Gasteiger partial charge in [0.15, 0.2) is 0 Å². The highest BCUT2D eigenvalue weighted by Gasteiger charge is 2.19. The van der Waals surface area contributed by atoms with Gasteiger partial charge in [0.1, 0.15) is 18.2 Å². The fourth-order valence-electron chi connectivity index (χ4n) is 2.16. The number of halogens is 2. The lowest BCUT2D eigenvalue weighted by Gasteiger charge is -2.09. The fraction of sp³-hybridized carbons (Fsp3) is 0.294. The molecule has 0 saturated heterocycles. The first-order valence-electron chi connectivity index (χ1n) is 7.09. The molecule has 2 aromatic rings. The molecule has 0 heterocycles. The summed E-state index contributed by atoms with van der Waals surface area (Å²) in [6.45, 7) is 1.33. The van der Waals surface area contributed by atoms with Gasteiger partial charge < -0.3 is 10.1 Å². The Labute approximate surface area is 132 Å². The van der Waals surface area contributed by atoms with Crippen LogP contribution in [-0.2, 0) is 13.2 Å². The minimum atomic E-state index is -0.304. The average Bonchev–Trinajstić information content (AvgIpc) is 3.27. The molecule has 1 N–H and O–H groups in total. The largest absolute Gasteiger partial charge is 0.489 e. The van der Waals surface area contributed by atoms with Crippen LogP contribution in [0.1, 0.15) is 24.0 Å². The maximum Gasteiger partial charge on any atom is 0.128 e. The fourth-order valence-corrected chi connectivity index (χ4v) is 2.60. The highest BCUT2D eigenvalue weighted by atomic mass is 79.9.